The predicted molar refractivity (Wildman–Crippen MR) is 114 cm³/mol. The summed E-state index contributed by atoms with van der Waals surface area (Å²) in [5, 5.41) is 1.09. The van der Waals surface area contributed by atoms with Gasteiger partial charge in [-0.1, -0.05) is 30.3 Å². The van der Waals surface area contributed by atoms with E-state index < -0.39 is 0 Å². The minimum absolute atomic E-state index is 0.595. The van der Waals surface area contributed by atoms with Crippen molar-refractivity contribution in [3.8, 4) is 5.75 Å². The Kier molecular flexibility index (Phi) is 5.44. The maximum atomic E-state index is 5.36. The van der Waals surface area contributed by atoms with Crippen LogP contribution in [-0.4, -0.2) is 48.2 Å². The van der Waals surface area contributed by atoms with E-state index in [1.807, 2.05) is 18.2 Å². The number of anilines is 1. The van der Waals surface area contributed by atoms with E-state index >= 15 is 0 Å². The minimum Gasteiger partial charge on any atom is -0.497 e. The SMILES string of the molecule is COc1ccc2c(C)nc(N3CCC(N(C)Cc4ccccc4)CC3)nc2c1. The van der Waals surface area contributed by atoms with Crippen molar-refractivity contribution in [2.75, 3.05) is 32.1 Å². The van der Waals surface area contributed by atoms with E-state index in [9.17, 15) is 0 Å². The predicted octanol–water partition coefficient (Wildman–Crippen LogP) is 4.05. The fourth-order valence-corrected chi connectivity index (χ4v) is 4.03. The molecule has 1 aromatic heterocycles. The number of piperidine rings is 1. The topological polar surface area (TPSA) is 41.5 Å². The van der Waals surface area contributed by atoms with E-state index in [0.29, 0.717) is 6.04 Å². The van der Waals surface area contributed by atoms with Crippen LogP contribution >= 0.6 is 0 Å². The molecule has 0 radical (unpaired) electrons. The number of aryl methyl sites for hydroxylation is 1. The quantitative estimate of drug-likeness (QED) is 0.672. The van der Waals surface area contributed by atoms with Gasteiger partial charge in [0.25, 0.3) is 0 Å². The molecule has 0 bridgehead atoms. The van der Waals surface area contributed by atoms with Crippen LogP contribution < -0.4 is 9.64 Å². The van der Waals surface area contributed by atoms with E-state index in [1.54, 1.807) is 7.11 Å². The smallest absolute Gasteiger partial charge is 0.226 e. The van der Waals surface area contributed by atoms with Gasteiger partial charge in [0.2, 0.25) is 5.95 Å². The molecule has 0 spiro atoms. The van der Waals surface area contributed by atoms with Gasteiger partial charge in [-0.2, -0.15) is 0 Å². The summed E-state index contributed by atoms with van der Waals surface area (Å²) in [5.41, 5.74) is 3.34. The molecule has 0 saturated carbocycles. The normalized spacial score (nSPS) is 15.4. The molecule has 146 valence electrons. The average molecular weight is 377 g/mol. The second-order valence-corrected chi connectivity index (χ2v) is 7.61. The standard InChI is InChI=1S/C23H28N4O/c1-17-21-10-9-20(28-3)15-22(21)25-23(24-17)27-13-11-19(12-14-27)26(2)16-18-7-5-4-6-8-18/h4-10,15,19H,11-14,16H2,1-3H3. The van der Waals surface area contributed by atoms with E-state index in [1.165, 1.54) is 5.56 Å². The molecule has 0 unspecified atom stereocenters. The van der Waals surface area contributed by atoms with Crippen molar-refractivity contribution in [1.82, 2.24) is 14.9 Å². The van der Waals surface area contributed by atoms with Crippen LogP contribution in [0.1, 0.15) is 24.1 Å². The van der Waals surface area contributed by atoms with Gasteiger partial charge in [-0.25, -0.2) is 9.97 Å². The van der Waals surface area contributed by atoms with Crippen molar-refractivity contribution in [3.63, 3.8) is 0 Å². The summed E-state index contributed by atoms with van der Waals surface area (Å²) in [5.74, 6) is 1.67. The molecule has 3 aromatic rings. The number of benzene rings is 2. The summed E-state index contributed by atoms with van der Waals surface area (Å²) in [6.45, 7) is 5.02. The monoisotopic (exact) mass is 376 g/mol. The van der Waals surface area contributed by atoms with Crippen LogP contribution in [0.2, 0.25) is 0 Å². The summed E-state index contributed by atoms with van der Waals surface area (Å²) >= 11 is 0. The Morgan fingerprint density at radius 2 is 1.82 bits per heavy atom. The Morgan fingerprint density at radius 3 is 2.54 bits per heavy atom. The molecule has 1 saturated heterocycles. The molecular weight excluding hydrogens is 348 g/mol. The van der Waals surface area contributed by atoms with E-state index in [-0.39, 0.29) is 0 Å². The molecule has 1 aliphatic rings. The molecule has 5 nitrogen and oxygen atoms in total. The maximum absolute atomic E-state index is 5.36. The highest BCUT2D eigenvalue weighted by Crippen LogP contribution is 2.26. The summed E-state index contributed by atoms with van der Waals surface area (Å²) in [6, 6.07) is 17.3. The van der Waals surface area contributed by atoms with Crippen molar-refractivity contribution in [2.24, 2.45) is 0 Å². The fourth-order valence-electron chi connectivity index (χ4n) is 4.03. The fraction of sp³-hybridized carbons (Fsp3) is 0.391. The molecule has 2 heterocycles. The molecule has 1 fully saturated rings. The van der Waals surface area contributed by atoms with Crippen molar-refractivity contribution in [3.05, 3.63) is 59.8 Å². The van der Waals surface area contributed by atoms with Crippen molar-refractivity contribution in [1.29, 1.82) is 0 Å². The van der Waals surface area contributed by atoms with E-state index in [4.69, 9.17) is 14.7 Å². The van der Waals surface area contributed by atoms with Crippen molar-refractivity contribution in [2.45, 2.75) is 32.4 Å². The van der Waals surface area contributed by atoms with Gasteiger partial charge in [0.1, 0.15) is 5.75 Å². The summed E-state index contributed by atoms with van der Waals surface area (Å²) in [6.07, 6.45) is 2.25. The molecular formula is C23H28N4O. The molecule has 4 rings (SSSR count). The second-order valence-electron chi connectivity index (χ2n) is 7.61. The van der Waals surface area contributed by atoms with Gasteiger partial charge in [-0.05, 0) is 44.5 Å². The van der Waals surface area contributed by atoms with Crippen LogP contribution in [0.3, 0.4) is 0 Å². The minimum atomic E-state index is 0.595. The van der Waals surface area contributed by atoms with Gasteiger partial charge in [0, 0.05) is 37.1 Å². The number of hydrogen-bond acceptors (Lipinski definition) is 5. The van der Waals surface area contributed by atoms with Gasteiger partial charge < -0.3 is 9.64 Å². The van der Waals surface area contributed by atoms with Crippen molar-refractivity contribution >= 4 is 16.9 Å². The summed E-state index contributed by atoms with van der Waals surface area (Å²) in [7, 11) is 3.92. The number of aromatic nitrogens is 2. The number of nitrogens with zero attached hydrogens (tertiary/aromatic N) is 4. The summed E-state index contributed by atoms with van der Waals surface area (Å²) in [4.78, 5) is 14.4. The van der Waals surface area contributed by atoms with Crippen LogP contribution in [0.4, 0.5) is 5.95 Å². The third kappa shape index (κ3) is 3.94. The lowest BCUT2D eigenvalue weighted by Crippen LogP contribution is -2.43. The molecule has 5 heteroatoms. The lowest BCUT2D eigenvalue weighted by atomic mass is 10.0. The molecule has 0 amide bonds. The van der Waals surface area contributed by atoms with Crippen LogP contribution in [0.25, 0.3) is 10.9 Å². The van der Waals surface area contributed by atoms with Crippen LogP contribution in [0, 0.1) is 6.92 Å². The van der Waals surface area contributed by atoms with Gasteiger partial charge in [-0.3, -0.25) is 4.90 Å². The van der Waals surface area contributed by atoms with Crippen LogP contribution in [-0.2, 0) is 6.54 Å². The second kappa shape index (κ2) is 8.15. The Balaban J connectivity index is 1.44. The third-order valence-corrected chi connectivity index (χ3v) is 5.73. The molecule has 0 N–H and O–H groups in total. The Hall–Kier alpha value is -2.66. The highest BCUT2D eigenvalue weighted by molar-refractivity contribution is 5.83. The molecule has 28 heavy (non-hydrogen) atoms. The van der Waals surface area contributed by atoms with Gasteiger partial charge in [0.05, 0.1) is 18.3 Å². The Bertz CT molecular complexity index is 936. The number of rotatable bonds is 5. The van der Waals surface area contributed by atoms with Gasteiger partial charge in [0.15, 0.2) is 0 Å². The Labute approximate surface area is 167 Å². The largest absolute Gasteiger partial charge is 0.497 e. The zero-order chi connectivity index (χ0) is 19.5. The van der Waals surface area contributed by atoms with Gasteiger partial charge in [-0.15, -0.1) is 0 Å². The van der Waals surface area contributed by atoms with Crippen LogP contribution in [0.15, 0.2) is 48.5 Å². The maximum Gasteiger partial charge on any atom is 0.226 e. The first-order valence-corrected chi connectivity index (χ1v) is 9.95. The number of ether oxygens (including phenoxy) is 1. The number of methoxy groups -OCH3 is 1. The highest BCUT2D eigenvalue weighted by Gasteiger charge is 2.24. The number of hydrogen-bond donors (Lipinski definition) is 0. The first-order chi connectivity index (χ1) is 13.6. The molecule has 0 aliphatic carbocycles. The molecule has 1 aliphatic heterocycles. The van der Waals surface area contributed by atoms with Crippen molar-refractivity contribution < 1.29 is 4.74 Å². The zero-order valence-electron chi connectivity index (χ0n) is 16.9. The lowest BCUT2D eigenvalue weighted by Gasteiger charge is -2.37. The van der Waals surface area contributed by atoms with E-state index in [0.717, 1.165) is 60.8 Å². The third-order valence-electron chi connectivity index (χ3n) is 5.73. The number of fused-ring (bicyclic) bond motifs is 1. The Morgan fingerprint density at radius 1 is 1.07 bits per heavy atom. The first kappa shape index (κ1) is 18.7. The molecule has 2 aromatic carbocycles. The highest BCUT2D eigenvalue weighted by atomic mass is 16.5. The van der Waals surface area contributed by atoms with Gasteiger partial charge >= 0.3 is 0 Å². The summed E-state index contributed by atoms with van der Waals surface area (Å²) < 4.78 is 5.36. The lowest BCUT2D eigenvalue weighted by molar-refractivity contribution is 0.200. The zero-order valence-corrected chi connectivity index (χ0v) is 16.9. The first-order valence-electron chi connectivity index (χ1n) is 9.95. The average Bonchev–Trinajstić information content (AvgIpc) is 2.74. The van der Waals surface area contributed by atoms with Crippen LogP contribution in [0.5, 0.6) is 5.75 Å². The molecule has 0 atom stereocenters. The van der Waals surface area contributed by atoms with E-state index in [2.05, 4.69) is 54.1 Å².